The van der Waals surface area contributed by atoms with E-state index in [-0.39, 0.29) is 19.6 Å². The molecular weight excluding hydrogens is 957 g/mol. The number of hydrogen-bond acceptors (Lipinski definition) is 14. The number of rotatable bonds is 44. The summed E-state index contributed by atoms with van der Waals surface area (Å²) in [5.41, 5.74) is 0. The Hall–Kier alpha value is -3.35. The van der Waals surface area contributed by atoms with Gasteiger partial charge in [-0.2, -0.15) is 0 Å². The Morgan fingerprint density at radius 2 is 0.867 bits per heavy atom. The highest BCUT2D eigenvalue weighted by molar-refractivity contribution is 5.69. The average Bonchev–Trinajstić information content (AvgIpc) is 3.41. The second-order valence-corrected chi connectivity index (χ2v) is 19.4. The van der Waals surface area contributed by atoms with Crippen LogP contribution in [0.1, 0.15) is 168 Å². The number of carbonyl (C=O) groups excluding carboxylic acids is 1. The van der Waals surface area contributed by atoms with Gasteiger partial charge in [0.05, 0.1) is 26.4 Å². The van der Waals surface area contributed by atoms with Gasteiger partial charge in [-0.25, -0.2) is 0 Å². The largest absolute Gasteiger partial charge is 0.457 e. The van der Waals surface area contributed by atoms with Crippen molar-refractivity contribution < 1.29 is 69.0 Å². The van der Waals surface area contributed by atoms with E-state index < -0.39 is 86.7 Å². The van der Waals surface area contributed by atoms with Crippen molar-refractivity contribution in [2.24, 2.45) is 0 Å². The fourth-order valence-corrected chi connectivity index (χ4v) is 8.20. The lowest BCUT2D eigenvalue weighted by molar-refractivity contribution is -0.332. The molecule has 0 spiro atoms. The number of carbonyl (C=O) groups is 1. The molecule has 11 unspecified atom stereocenters. The molecule has 0 amide bonds. The molecule has 428 valence electrons. The van der Waals surface area contributed by atoms with Crippen LogP contribution in [0.4, 0.5) is 0 Å². The van der Waals surface area contributed by atoms with E-state index in [9.17, 15) is 40.5 Å². The van der Waals surface area contributed by atoms with Crippen LogP contribution >= 0.6 is 0 Å². The summed E-state index contributed by atoms with van der Waals surface area (Å²) >= 11 is 0. The van der Waals surface area contributed by atoms with Gasteiger partial charge in [0.25, 0.3) is 0 Å². The maximum atomic E-state index is 13.0. The quantitative estimate of drug-likeness (QED) is 0.0172. The zero-order valence-corrected chi connectivity index (χ0v) is 45.7. The van der Waals surface area contributed by atoms with Crippen molar-refractivity contribution in [2.75, 3.05) is 33.0 Å². The van der Waals surface area contributed by atoms with Gasteiger partial charge in [0.1, 0.15) is 54.9 Å². The minimum atomic E-state index is -1.73. The highest BCUT2D eigenvalue weighted by Crippen LogP contribution is 2.26. The van der Waals surface area contributed by atoms with Crippen LogP contribution in [-0.4, -0.2) is 142 Å². The molecule has 0 aromatic carbocycles. The zero-order valence-electron chi connectivity index (χ0n) is 45.7. The molecule has 2 aliphatic rings. The van der Waals surface area contributed by atoms with Gasteiger partial charge in [0, 0.05) is 13.0 Å². The van der Waals surface area contributed by atoms with Crippen LogP contribution in [0.15, 0.2) is 109 Å². The van der Waals surface area contributed by atoms with E-state index in [1.807, 2.05) is 12.2 Å². The van der Waals surface area contributed by atoms with E-state index in [2.05, 4.69) is 111 Å². The molecule has 14 nitrogen and oxygen atoms in total. The third-order valence-corrected chi connectivity index (χ3v) is 12.8. The van der Waals surface area contributed by atoms with Crippen molar-refractivity contribution in [3.63, 3.8) is 0 Å². The summed E-state index contributed by atoms with van der Waals surface area (Å²) in [5.74, 6) is -0.465. The second-order valence-electron chi connectivity index (χ2n) is 19.4. The van der Waals surface area contributed by atoms with Gasteiger partial charge in [0.2, 0.25) is 0 Å². The average molecular weight is 1060 g/mol. The van der Waals surface area contributed by atoms with Gasteiger partial charge < -0.3 is 64.2 Å². The van der Waals surface area contributed by atoms with E-state index in [0.29, 0.717) is 13.0 Å². The Bertz CT molecular complexity index is 1650. The standard InChI is InChI=1S/C61H100O14/c1-3-5-7-9-11-13-15-17-19-21-23-24-25-27-29-31-33-35-37-39-41-43-45-70-47-50(73-53(63)44-42-40-38-36-34-32-30-28-26-22-20-18-16-14-12-10-8-6-4-2)48-71-60-59(69)57(67)55(65)52(75-60)49-72-61-58(68)56(66)54(64)51(46-62)74-61/h6,8,12,14-15,17-18,20-21,23,25-28,32,34,38,40,50-52,54-62,64-69H,3-5,7,9-11,13,16,19,22,24,29-31,33,35-37,39,41-49H2,1-2H3/b8-6-,14-12-,17-15-,20-18-,23-21-,27-25-,28-26-,34-32-,40-38-. The lowest BCUT2D eigenvalue weighted by atomic mass is 9.98. The van der Waals surface area contributed by atoms with Crippen LogP contribution in [0, 0.1) is 0 Å². The van der Waals surface area contributed by atoms with Gasteiger partial charge in [-0.15, -0.1) is 0 Å². The van der Waals surface area contributed by atoms with E-state index in [1.54, 1.807) is 0 Å². The molecular formula is C61H100O14. The van der Waals surface area contributed by atoms with Crippen LogP contribution in [-0.2, 0) is 33.2 Å². The Morgan fingerprint density at radius 3 is 1.36 bits per heavy atom. The van der Waals surface area contributed by atoms with E-state index in [1.165, 1.54) is 57.8 Å². The molecule has 0 bridgehead atoms. The highest BCUT2D eigenvalue weighted by atomic mass is 16.7. The molecule has 2 aliphatic heterocycles. The van der Waals surface area contributed by atoms with Crippen molar-refractivity contribution in [2.45, 2.75) is 235 Å². The Kier molecular flexibility index (Phi) is 42.2. The van der Waals surface area contributed by atoms with Crippen LogP contribution in [0.2, 0.25) is 0 Å². The van der Waals surface area contributed by atoms with Gasteiger partial charge in [-0.1, -0.05) is 181 Å². The first-order valence-corrected chi connectivity index (χ1v) is 28.5. The second kappa shape index (κ2) is 46.7. The lowest BCUT2D eigenvalue weighted by Crippen LogP contribution is -2.61. The monoisotopic (exact) mass is 1060 g/mol. The maximum Gasteiger partial charge on any atom is 0.306 e. The molecule has 0 aromatic heterocycles. The lowest BCUT2D eigenvalue weighted by Gasteiger charge is -2.42. The minimum absolute atomic E-state index is 0.0168. The molecule has 14 heteroatoms. The first-order chi connectivity index (χ1) is 36.6. The normalized spacial score (nSPS) is 25.5. The number of aliphatic hydroxyl groups is 7. The highest BCUT2D eigenvalue weighted by Gasteiger charge is 2.47. The first-order valence-electron chi connectivity index (χ1n) is 28.5. The van der Waals surface area contributed by atoms with Crippen LogP contribution < -0.4 is 0 Å². The number of esters is 1. The molecule has 0 aliphatic carbocycles. The fraction of sp³-hybridized carbons (Fsp3) is 0.689. The molecule has 2 saturated heterocycles. The molecule has 75 heavy (non-hydrogen) atoms. The summed E-state index contributed by atoms with van der Waals surface area (Å²) in [7, 11) is 0. The molecule has 0 aromatic rings. The summed E-state index contributed by atoms with van der Waals surface area (Å²) < 4.78 is 34.3. The third-order valence-electron chi connectivity index (χ3n) is 12.8. The summed E-state index contributed by atoms with van der Waals surface area (Å²) in [5, 5.41) is 72.3. The van der Waals surface area contributed by atoms with Gasteiger partial charge in [-0.3, -0.25) is 4.79 Å². The van der Waals surface area contributed by atoms with Gasteiger partial charge >= 0.3 is 5.97 Å². The topological polar surface area (TPSA) is 214 Å². The third kappa shape index (κ3) is 33.5. The van der Waals surface area contributed by atoms with Gasteiger partial charge in [-0.05, 0) is 89.9 Å². The van der Waals surface area contributed by atoms with E-state index in [4.69, 9.17) is 28.4 Å². The van der Waals surface area contributed by atoms with E-state index >= 15 is 0 Å². The molecule has 2 heterocycles. The summed E-state index contributed by atoms with van der Waals surface area (Å²) in [6.45, 7) is 3.42. The predicted octanol–water partition coefficient (Wildman–Crippen LogP) is 9.96. The molecule has 0 saturated carbocycles. The molecule has 7 N–H and O–H groups in total. The Morgan fingerprint density at radius 1 is 0.453 bits per heavy atom. The number of allylic oxidation sites excluding steroid dienone is 18. The molecule has 0 radical (unpaired) electrons. The van der Waals surface area contributed by atoms with Crippen molar-refractivity contribution in [1.82, 2.24) is 0 Å². The van der Waals surface area contributed by atoms with Crippen LogP contribution in [0.25, 0.3) is 0 Å². The summed E-state index contributed by atoms with van der Waals surface area (Å²) in [6.07, 6.45) is 47.3. The predicted molar refractivity (Wildman–Crippen MR) is 297 cm³/mol. The number of aliphatic hydroxyl groups excluding tert-OH is 7. The summed E-state index contributed by atoms with van der Waals surface area (Å²) in [6, 6.07) is 0. The number of unbranched alkanes of at least 4 members (excludes halogenated alkanes) is 12. The molecule has 2 rings (SSSR count). The van der Waals surface area contributed by atoms with Crippen molar-refractivity contribution >= 4 is 5.97 Å². The number of ether oxygens (including phenoxy) is 6. The molecule has 11 atom stereocenters. The first kappa shape index (κ1) is 67.8. The maximum absolute atomic E-state index is 13.0. The minimum Gasteiger partial charge on any atom is -0.457 e. The van der Waals surface area contributed by atoms with E-state index in [0.717, 1.165) is 83.5 Å². The zero-order chi connectivity index (χ0) is 54.4. The smallest absolute Gasteiger partial charge is 0.306 e. The van der Waals surface area contributed by atoms with Crippen LogP contribution in [0.5, 0.6) is 0 Å². The summed E-state index contributed by atoms with van der Waals surface area (Å²) in [4.78, 5) is 13.0. The Labute approximate surface area is 451 Å². The Balaban J connectivity index is 1.77. The fourth-order valence-electron chi connectivity index (χ4n) is 8.20. The SMILES string of the molecule is CC/C=C\C/C=C\C/C=C\C/C=C\C/C=C\C/C=C\CCC(=O)OC(COCCCCCCCCC/C=C\C/C=C\C/C=C\CCCCCCC)COC1OC(COC2OC(CO)C(O)C(O)C2O)C(O)C(O)C1O. The van der Waals surface area contributed by atoms with Crippen molar-refractivity contribution in [3.05, 3.63) is 109 Å². The van der Waals surface area contributed by atoms with Gasteiger partial charge in [0.15, 0.2) is 12.6 Å². The molecule has 2 fully saturated rings. The van der Waals surface area contributed by atoms with Crippen molar-refractivity contribution in [3.8, 4) is 0 Å². The van der Waals surface area contributed by atoms with Crippen LogP contribution in [0.3, 0.4) is 0 Å². The number of hydrogen-bond donors (Lipinski definition) is 7. The van der Waals surface area contributed by atoms with Crippen molar-refractivity contribution in [1.29, 1.82) is 0 Å².